The molecule has 0 bridgehead atoms. The van der Waals surface area contributed by atoms with E-state index in [0.29, 0.717) is 19.5 Å². The normalized spacial score (nSPS) is 10.8. The summed E-state index contributed by atoms with van der Waals surface area (Å²) < 4.78 is 26.7. The van der Waals surface area contributed by atoms with Crippen LogP contribution >= 0.6 is 0 Å². The van der Waals surface area contributed by atoms with Crippen LogP contribution in [0.25, 0.3) is 0 Å². The number of carbonyl (C=O) groups excluding carboxylic acids is 1. The summed E-state index contributed by atoms with van der Waals surface area (Å²) in [6.45, 7) is 3.12. The summed E-state index contributed by atoms with van der Waals surface area (Å²) in [5.74, 6) is -2.08. The highest BCUT2D eigenvalue weighted by Gasteiger charge is 2.14. The predicted molar refractivity (Wildman–Crippen MR) is 68.8 cm³/mol. The lowest BCUT2D eigenvalue weighted by Crippen LogP contribution is -2.34. The van der Waals surface area contributed by atoms with E-state index in [-0.39, 0.29) is 13.2 Å². The average molecular weight is 272 g/mol. The van der Waals surface area contributed by atoms with Crippen LogP contribution in [-0.4, -0.2) is 42.2 Å². The Labute approximate surface area is 111 Å². The summed E-state index contributed by atoms with van der Waals surface area (Å²) >= 11 is 0. The molecule has 0 aliphatic carbocycles. The summed E-state index contributed by atoms with van der Waals surface area (Å²) in [5.41, 5.74) is -0.425. The SMILES string of the molecule is CCN(CCCO)CC(=O)Nc1c(F)cccc1F. The molecule has 1 rings (SSSR count). The summed E-state index contributed by atoms with van der Waals surface area (Å²) in [6.07, 6.45) is 0.551. The van der Waals surface area contributed by atoms with E-state index in [2.05, 4.69) is 5.32 Å². The molecule has 19 heavy (non-hydrogen) atoms. The standard InChI is InChI=1S/C13H18F2N2O2/c1-2-17(7-4-8-18)9-12(19)16-13-10(14)5-3-6-11(13)15/h3,5-6,18H,2,4,7-9H2,1H3,(H,16,19). The first kappa shape index (κ1) is 15.5. The lowest BCUT2D eigenvalue weighted by Gasteiger charge is -2.19. The van der Waals surface area contributed by atoms with Crippen LogP contribution in [-0.2, 0) is 4.79 Å². The second-order valence-corrected chi connectivity index (χ2v) is 4.09. The molecule has 6 heteroatoms. The monoisotopic (exact) mass is 272 g/mol. The van der Waals surface area contributed by atoms with Crippen LogP contribution in [0.1, 0.15) is 13.3 Å². The van der Waals surface area contributed by atoms with Crippen molar-refractivity contribution in [3.8, 4) is 0 Å². The number of halogens is 2. The first-order valence-corrected chi connectivity index (χ1v) is 6.15. The van der Waals surface area contributed by atoms with Gasteiger partial charge in [-0.25, -0.2) is 8.78 Å². The van der Waals surface area contributed by atoms with E-state index in [0.717, 1.165) is 12.1 Å². The van der Waals surface area contributed by atoms with Crippen LogP contribution in [0.5, 0.6) is 0 Å². The zero-order valence-corrected chi connectivity index (χ0v) is 10.8. The van der Waals surface area contributed by atoms with Gasteiger partial charge in [-0.2, -0.15) is 0 Å². The Morgan fingerprint density at radius 2 is 2.00 bits per heavy atom. The highest BCUT2D eigenvalue weighted by Crippen LogP contribution is 2.17. The van der Waals surface area contributed by atoms with Crippen molar-refractivity contribution in [2.75, 3.05) is 31.6 Å². The van der Waals surface area contributed by atoms with Crippen molar-refractivity contribution in [3.63, 3.8) is 0 Å². The minimum Gasteiger partial charge on any atom is -0.396 e. The average Bonchev–Trinajstić information content (AvgIpc) is 2.39. The highest BCUT2D eigenvalue weighted by molar-refractivity contribution is 5.92. The second-order valence-electron chi connectivity index (χ2n) is 4.09. The smallest absolute Gasteiger partial charge is 0.238 e. The van der Waals surface area contributed by atoms with Crippen LogP contribution in [0.15, 0.2) is 18.2 Å². The number of nitrogens with zero attached hydrogens (tertiary/aromatic N) is 1. The number of aliphatic hydroxyl groups excluding tert-OH is 1. The van der Waals surface area contributed by atoms with Gasteiger partial charge >= 0.3 is 0 Å². The molecular formula is C13H18F2N2O2. The van der Waals surface area contributed by atoms with Gasteiger partial charge in [0.05, 0.1) is 6.54 Å². The van der Waals surface area contributed by atoms with Crippen molar-refractivity contribution >= 4 is 11.6 Å². The van der Waals surface area contributed by atoms with Gasteiger partial charge in [-0.3, -0.25) is 9.69 Å². The molecule has 0 saturated heterocycles. The third kappa shape index (κ3) is 4.92. The lowest BCUT2D eigenvalue weighted by atomic mass is 10.3. The van der Waals surface area contributed by atoms with Crippen LogP contribution in [0, 0.1) is 11.6 Å². The molecule has 1 aromatic carbocycles. The van der Waals surface area contributed by atoms with E-state index in [4.69, 9.17) is 5.11 Å². The molecule has 0 fully saturated rings. The number of hydrogen-bond donors (Lipinski definition) is 2. The van der Waals surface area contributed by atoms with Gasteiger partial charge in [-0.1, -0.05) is 13.0 Å². The highest BCUT2D eigenvalue weighted by atomic mass is 19.1. The molecule has 0 spiro atoms. The van der Waals surface area contributed by atoms with Crippen molar-refractivity contribution in [1.82, 2.24) is 4.90 Å². The summed E-state index contributed by atoms with van der Waals surface area (Å²) in [5, 5.41) is 11.0. The molecule has 0 aliphatic rings. The largest absolute Gasteiger partial charge is 0.396 e. The summed E-state index contributed by atoms with van der Waals surface area (Å²) in [7, 11) is 0. The molecule has 2 N–H and O–H groups in total. The fraction of sp³-hybridized carbons (Fsp3) is 0.462. The van der Waals surface area contributed by atoms with Crippen molar-refractivity contribution < 1.29 is 18.7 Å². The number of anilines is 1. The van der Waals surface area contributed by atoms with E-state index in [1.165, 1.54) is 6.07 Å². The van der Waals surface area contributed by atoms with E-state index in [1.54, 1.807) is 4.90 Å². The van der Waals surface area contributed by atoms with Gasteiger partial charge in [0.15, 0.2) is 0 Å². The van der Waals surface area contributed by atoms with Crippen molar-refractivity contribution in [2.24, 2.45) is 0 Å². The Morgan fingerprint density at radius 3 is 2.53 bits per heavy atom. The number of benzene rings is 1. The van der Waals surface area contributed by atoms with Crippen molar-refractivity contribution in [1.29, 1.82) is 0 Å². The molecule has 1 aromatic rings. The number of carbonyl (C=O) groups is 1. The van der Waals surface area contributed by atoms with Gasteiger partial charge in [0.2, 0.25) is 5.91 Å². The van der Waals surface area contributed by atoms with E-state index < -0.39 is 23.2 Å². The minimum atomic E-state index is -0.799. The van der Waals surface area contributed by atoms with Gasteiger partial charge in [0.1, 0.15) is 17.3 Å². The molecule has 0 radical (unpaired) electrons. The van der Waals surface area contributed by atoms with Gasteiger partial charge in [-0.15, -0.1) is 0 Å². The summed E-state index contributed by atoms with van der Waals surface area (Å²) in [4.78, 5) is 13.5. The van der Waals surface area contributed by atoms with Crippen LogP contribution < -0.4 is 5.32 Å². The molecule has 0 saturated carbocycles. The van der Waals surface area contributed by atoms with Gasteiger partial charge in [0, 0.05) is 13.2 Å². The second kappa shape index (κ2) is 7.81. The Morgan fingerprint density at radius 1 is 1.37 bits per heavy atom. The quantitative estimate of drug-likeness (QED) is 0.793. The number of rotatable bonds is 7. The van der Waals surface area contributed by atoms with Crippen LogP contribution in [0.2, 0.25) is 0 Å². The zero-order valence-electron chi connectivity index (χ0n) is 10.8. The maximum atomic E-state index is 13.3. The number of para-hydroxylation sites is 1. The zero-order chi connectivity index (χ0) is 14.3. The van der Waals surface area contributed by atoms with E-state index in [1.807, 2.05) is 6.92 Å². The molecule has 1 amide bonds. The predicted octanol–water partition coefficient (Wildman–Crippen LogP) is 1.61. The van der Waals surface area contributed by atoms with Crippen molar-refractivity contribution in [3.05, 3.63) is 29.8 Å². The van der Waals surface area contributed by atoms with Gasteiger partial charge in [0.25, 0.3) is 0 Å². The van der Waals surface area contributed by atoms with E-state index in [9.17, 15) is 13.6 Å². The topological polar surface area (TPSA) is 52.6 Å². The first-order chi connectivity index (χ1) is 9.08. The molecular weight excluding hydrogens is 254 g/mol. The van der Waals surface area contributed by atoms with Crippen molar-refractivity contribution in [2.45, 2.75) is 13.3 Å². The Balaban J connectivity index is 2.59. The fourth-order valence-corrected chi connectivity index (χ4v) is 1.64. The number of nitrogens with one attached hydrogen (secondary N) is 1. The Kier molecular flexibility index (Phi) is 6.38. The van der Waals surface area contributed by atoms with E-state index >= 15 is 0 Å². The maximum absolute atomic E-state index is 13.3. The number of likely N-dealkylation sites (N-methyl/N-ethyl adjacent to an activating group) is 1. The van der Waals surface area contributed by atoms with Gasteiger partial charge in [-0.05, 0) is 25.1 Å². The fourth-order valence-electron chi connectivity index (χ4n) is 1.64. The number of hydrogen-bond acceptors (Lipinski definition) is 3. The molecule has 0 unspecified atom stereocenters. The Bertz CT molecular complexity index is 407. The first-order valence-electron chi connectivity index (χ1n) is 6.15. The molecule has 0 aromatic heterocycles. The number of amides is 1. The lowest BCUT2D eigenvalue weighted by molar-refractivity contribution is -0.117. The third-order valence-electron chi connectivity index (χ3n) is 2.67. The third-order valence-corrected chi connectivity index (χ3v) is 2.67. The summed E-state index contributed by atoms with van der Waals surface area (Å²) in [6, 6.07) is 3.41. The van der Waals surface area contributed by atoms with Crippen LogP contribution in [0.3, 0.4) is 0 Å². The molecule has 0 atom stereocenters. The maximum Gasteiger partial charge on any atom is 0.238 e. The van der Waals surface area contributed by atoms with Crippen LogP contribution in [0.4, 0.5) is 14.5 Å². The minimum absolute atomic E-state index is 0.0320. The molecule has 106 valence electrons. The molecule has 0 heterocycles. The Hall–Kier alpha value is -1.53. The van der Waals surface area contributed by atoms with Gasteiger partial charge < -0.3 is 10.4 Å². The molecule has 0 aliphatic heterocycles. The number of aliphatic hydroxyl groups is 1. The molecule has 4 nitrogen and oxygen atoms in total.